The lowest BCUT2D eigenvalue weighted by molar-refractivity contribution is -0.150. The van der Waals surface area contributed by atoms with E-state index in [1.165, 1.54) is 6.08 Å². The molecule has 0 unspecified atom stereocenters. The maximum atomic E-state index is 11.4. The van der Waals surface area contributed by atoms with E-state index in [9.17, 15) is 14.7 Å². The van der Waals surface area contributed by atoms with Crippen LogP contribution in [0.25, 0.3) is 0 Å². The Kier molecular flexibility index (Phi) is 5.78. The maximum Gasteiger partial charge on any atom is 0.330 e. The molecule has 0 amide bonds. The molecule has 0 aromatic rings. The molecule has 20 heavy (non-hydrogen) atoms. The molecule has 0 aromatic carbocycles. The van der Waals surface area contributed by atoms with Gasteiger partial charge in [-0.3, -0.25) is 4.79 Å². The number of carbonyl (C=O) groups is 2. The molecule has 1 rings (SSSR count). The Labute approximate surface area is 121 Å². The number of aliphatic carboxylic acids is 1. The topological polar surface area (TPSA) is 63.6 Å². The van der Waals surface area contributed by atoms with Gasteiger partial charge in [-0.25, -0.2) is 4.79 Å². The smallest absolute Gasteiger partial charge is 0.330 e. The van der Waals surface area contributed by atoms with Gasteiger partial charge in [0.1, 0.15) is 5.60 Å². The Balaban J connectivity index is 2.31. The Morgan fingerprint density at radius 3 is 2.35 bits per heavy atom. The second-order valence-electron chi connectivity index (χ2n) is 6.62. The Bertz CT molecular complexity index is 370. The number of allylic oxidation sites excluding steroid dienone is 1. The summed E-state index contributed by atoms with van der Waals surface area (Å²) in [5, 5.41) is 9.34. The molecule has 0 aliphatic heterocycles. The van der Waals surface area contributed by atoms with Gasteiger partial charge < -0.3 is 9.84 Å². The number of esters is 1. The summed E-state index contributed by atoms with van der Waals surface area (Å²) in [6.45, 7) is 5.49. The molecule has 0 radical (unpaired) electrons. The minimum Gasteiger partial charge on any atom is -0.481 e. The molecule has 1 aliphatic carbocycles. The summed E-state index contributed by atoms with van der Waals surface area (Å²) in [6.07, 6.45) is 9.03. The molecule has 4 nitrogen and oxygen atoms in total. The van der Waals surface area contributed by atoms with E-state index < -0.39 is 17.0 Å². The van der Waals surface area contributed by atoms with E-state index in [0.717, 1.165) is 32.1 Å². The summed E-state index contributed by atoms with van der Waals surface area (Å²) in [5.74, 6) is -1.00. The van der Waals surface area contributed by atoms with Crippen molar-refractivity contribution in [2.75, 3.05) is 0 Å². The van der Waals surface area contributed by atoms with Crippen molar-refractivity contribution in [3.05, 3.63) is 12.2 Å². The summed E-state index contributed by atoms with van der Waals surface area (Å²) < 4.78 is 5.16. The third-order valence-corrected chi connectivity index (χ3v) is 3.70. The monoisotopic (exact) mass is 282 g/mol. The van der Waals surface area contributed by atoms with E-state index in [2.05, 4.69) is 0 Å². The molecule has 1 saturated carbocycles. The molecular weight excluding hydrogens is 256 g/mol. The first-order valence-corrected chi connectivity index (χ1v) is 7.38. The zero-order chi connectivity index (χ0) is 15.2. The average molecular weight is 282 g/mol. The van der Waals surface area contributed by atoms with E-state index in [1.54, 1.807) is 6.08 Å². The second-order valence-corrected chi connectivity index (χ2v) is 6.62. The first kappa shape index (κ1) is 16.7. The zero-order valence-electron chi connectivity index (χ0n) is 12.8. The third kappa shape index (κ3) is 5.35. The molecule has 1 fully saturated rings. The van der Waals surface area contributed by atoms with Crippen molar-refractivity contribution >= 4 is 11.9 Å². The summed E-state index contributed by atoms with van der Waals surface area (Å²) >= 11 is 0. The van der Waals surface area contributed by atoms with E-state index in [-0.39, 0.29) is 5.97 Å². The highest BCUT2D eigenvalue weighted by atomic mass is 16.6. The lowest BCUT2D eigenvalue weighted by Gasteiger charge is -2.23. The molecule has 114 valence electrons. The van der Waals surface area contributed by atoms with Crippen LogP contribution in [-0.4, -0.2) is 22.6 Å². The quantitative estimate of drug-likeness (QED) is 0.458. The first-order chi connectivity index (χ1) is 9.25. The van der Waals surface area contributed by atoms with Crippen LogP contribution in [0.3, 0.4) is 0 Å². The van der Waals surface area contributed by atoms with Gasteiger partial charge in [-0.1, -0.05) is 18.9 Å². The average Bonchev–Trinajstić information content (AvgIpc) is 2.76. The number of ether oxygens (including phenoxy) is 1. The standard InChI is InChI=1S/C16H26O4/c1-15(2,3)20-13(17)9-5-4-6-10-16(14(18)19)11-7-8-12-16/h5,9H,4,6-8,10-12H2,1-3H3,(H,18,19). The fourth-order valence-electron chi connectivity index (χ4n) is 2.70. The van der Waals surface area contributed by atoms with Gasteiger partial charge in [-0.2, -0.15) is 0 Å². The molecule has 0 saturated heterocycles. The zero-order valence-corrected chi connectivity index (χ0v) is 12.8. The Morgan fingerprint density at radius 1 is 1.25 bits per heavy atom. The van der Waals surface area contributed by atoms with Crippen LogP contribution < -0.4 is 0 Å². The predicted octanol–water partition coefficient (Wildman–Crippen LogP) is 3.70. The van der Waals surface area contributed by atoms with Crippen molar-refractivity contribution in [1.29, 1.82) is 0 Å². The number of carbonyl (C=O) groups excluding carboxylic acids is 1. The van der Waals surface area contributed by atoms with Gasteiger partial charge in [0.25, 0.3) is 0 Å². The predicted molar refractivity (Wildman–Crippen MR) is 77.4 cm³/mol. The highest BCUT2D eigenvalue weighted by Gasteiger charge is 2.40. The summed E-state index contributed by atoms with van der Waals surface area (Å²) in [7, 11) is 0. The molecule has 4 heteroatoms. The molecule has 1 N–H and O–H groups in total. The largest absolute Gasteiger partial charge is 0.481 e. The Morgan fingerprint density at radius 2 is 1.85 bits per heavy atom. The number of carboxylic acids is 1. The number of carboxylic acid groups (broad SMARTS) is 1. The highest BCUT2D eigenvalue weighted by molar-refractivity contribution is 5.82. The minimum absolute atomic E-state index is 0.341. The van der Waals surface area contributed by atoms with Gasteiger partial charge in [0.2, 0.25) is 0 Å². The minimum atomic E-state index is -0.661. The molecule has 0 heterocycles. The van der Waals surface area contributed by atoms with Crippen LogP contribution in [0.5, 0.6) is 0 Å². The maximum absolute atomic E-state index is 11.4. The number of rotatable bonds is 6. The van der Waals surface area contributed by atoms with Crippen LogP contribution in [0.4, 0.5) is 0 Å². The molecule has 0 aromatic heterocycles. The van der Waals surface area contributed by atoms with Crippen molar-refractivity contribution in [2.24, 2.45) is 5.41 Å². The van der Waals surface area contributed by atoms with Crippen LogP contribution in [-0.2, 0) is 14.3 Å². The summed E-state index contributed by atoms with van der Waals surface area (Å²) in [5.41, 5.74) is -0.988. The molecule has 0 spiro atoms. The van der Waals surface area contributed by atoms with E-state index >= 15 is 0 Å². The van der Waals surface area contributed by atoms with Crippen molar-refractivity contribution in [3.63, 3.8) is 0 Å². The van der Waals surface area contributed by atoms with E-state index in [0.29, 0.717) is 12.8 Å². The van der Waals surface area contributed by atoms with Gasteiger partial charge >= 0.3 is 11.9 Å². The SMILES string of the molecule is CC(C)(C)OC(=O)C=CCCCC1(C(=O)O)CCCC1. The molecule has 1 aliphatic rings. The lowest BCUT2D eigenvalue weighted by Crippen LogP contribution is -2.27. The molecule has 0 bridgehead atoms. The number of hydrogen-bond donors (Lipinski definition) is 1. The van der Waals surface area contributed by atoms with Crippen molar-refractivity contribution in [1.82, 2.24) is 0 Å². The van der Waals surface area contributed by atoms with Crippen LogP contribution in [0.1, 0.15) is 65.7 Å². The fourth-order valence-corrected chi connectivity index (χ4v) is 2.70. The van der Waals surface area contributed by atoms with Gasteiger partial charge in [-0.05, 0) is 52.9 Å². The van der Waals surface area contributed by atoms with Crippen molar-refractivity contribution < 1.29 is 19.4 Å². The van der Waals surface area contributed by atoms with E-state index in [1.807, 2.05) is 20.8 Å². The first-order valence-electron chi connectivity index (χ1n) is 7.38. The molecule has 0 atom stereocenters. The third-order valence-electron chi connectivity index (χ3n) is 3.70. The summed E-state index contributed by atoms with van der Waals surface area (Å²) in [4.78, 5) is 22.8. The van der Waals surface area contributed by atoms with Gasteiger partial charge in [-0.15, -0.1) is 0 Å². The second kappa shape index (κ2) is 6.91. The van der Waals surface area contributed by atoms with Gasteiger partial charge in [0, 0.05) is 6.08 Å². The normalized spacial score (nSPS) is 18.4. The van der Waals surface area contributed by atoms with Crippen LogP contribution in [0.2, 0.25) is 0 Å². The lowest BCUT2D eigenvalue weighted by atomic mass is 9.81. The number of hydrogen-bond acceptors (Lipinski definition) is 3. The van der Waals surface area contributed by atoms with Crippen molar-refractivity contribution in [3.8, 4) is 0 Å². The number of unbranched alkanes of at least 4 members (excludes halogenated alkanes) is 1. The van der Waals surface area contributed by atoms with E-state index in [4.69, 9.17) is 4.74 Å². The highest BCUT2D eigenvalue weighted by Crippen LogP contribution is 2.42. The van der Waals surface area contributed by atoms with Crippen molar-refractivity contribution in [2.45, 2.75) is 71.3 Å². The van der Waals surface area contributed by atoms with Crippen LogP contribution in [0, 0.1) is 5.41 Å². The fraction of sp³-hybridized carbons (Fsp3) is 0.750. The van der Waals surface area contributed by atoms with Crippen LogP contribution in [0.15, 0.2) is 12.2 Å². The summed E-state index contributed by atoms with van der Waals surface area (Å²) in [6, 6.07) is 0. The van der Waals surface area contributed by atoms with Crippen LogP contribution >= 0.6 is 0 Å². The molecular formula is C16H26O4. The Hall–Kier alpha value is -1.32. The van der Waals surface area contributed by atoms with Gasteiger partial charge in [0.05, 0.1) is 5.41 Å². The van der Waals surface area contributed by atoms with Gasteiger partial charge in [0.15, 0.2) is 0 Å².